The monoisotopic (exact) mass is 158 g/mol. The molecule has 0 heterocycles. The van der Waals surface area contributed by atoms with Crippen molar-refractivity contribution in [3.63, 3.8) is 0 Å². The number of hydrogen-bond acceptors (Lipinski definition) is 2. The van der Waals surface area contributed by atoms with E-state index >= 15 is 0 Å². The lowest BCUT2D eigenvalue weighted by Gasteiger charge is -1.91. The van der Waals surface area contributed by atoms with Crippen molar-refractivity contribution in [2.24, 2.45) is 0 Å². The van der Waals surface area contributed by atoms with Crippen molar-refractivity contribution in [2.45, 2.75) is 27.2 Å². The van der Waals surface area contributed by atoms with Gasteiger partial charge in [0, 0.05) is 16.9 Å². The van der Waals surface area contributed by atoms with E-state index in [0.29, 0.717) is 0 Å². The molecule has 1 nitrogen and oxygen atoms in total. The lowest BCUT2D eigenvalue weighted by Crippen LogP contribution is -1.69. The van der Waals surface area contributed by atoms with Crippen LogP contribution in [0.5, 0.6) is 0 Å². The van der Waals surface area contributed by atoms with Crippen LogP contribution in [0.3, 0.4) is 0 Å². The SMILES string of the molecule is CC/C(C)=C\C=C(/C)SO. The number of allylic oxidation sites excluding steroid dienone is 4. The maximum absolute atomic E-state index is 8.54. The second-order valence-corrected chi connectivity index (χ2v) is 3.06. The van der Waals surface area contributed by atoms with Crippen molar-refractivity contribution in [3.05, 3.63) is 22.6 Å². The van der Waals surface area contributed by atoms with E-state index in [2.05, 4.69) is 13.8 Å². The summed E-state index contributed by atoms with van der Waals surface area (Å²) in [5.41, 5.74) is 1.33. The molecule has 0 saturated carbocycles. The van der Waals surface area contributed by atoms with E-state index in [-0.39, 0.29) is 0 Å². The maximum atomic E-state index is 8.54. The van der Waals surface area contributed by atoms with Crippen LogP contribution in [0.15, 0.2) is 22.6 Å². The molecular formula is C8H14OS. The van der Waals surface area contributed by atoms with Crippen LogP contribution in [-0.4, -0.2) is 4.55 Å². The van der Waals surface area contributed by atoms with Crippen molar-refractivity contribution >= 4 is 12.0 Å². The molecule has 0 saturated heterocycles. The van der Waals surface area contributed by atoms with Crippen molar-refractivity contribution in [3.8, 4) is 0 Å². The predicted octanol–water partition coefficient (Wildman–Crippen LogP) is 3.45. The molecule has 0 bridgehead atoms. The first-order chi connectivity index (χ1) is 4.70. The fraction of sp³-hybridized carbons (Fsp3) is 0.500. The summed E-state index contributed by atoms with van der Waals surface area (Å²) >= 11 is 0.794. The van der Waals surface area contributed by atoms with E-state index < -0.39 is 0 Å². The lowest BCUT2D eigenvalue weighted by atomic mass is 10.2. The van der Waals surface area contributed by atoms with Gasteiger partial charge in [0.15, 0.2) is 0 Å². The minimum atomic E-state index is 0.794. The highest BCUT2D eigenvalue weighted by Gasteiger charge is 1.83. The fourth-order valence-corrected chi connectivity index (χ4v) is 0.537. The van der Waals surface area contributed by atoms with Crippen LogP contribution in [0.1, 0.15) is 27.2 Å². The summed E-state index contributed by atoms with van der Waals surface area (Å²) in [6.07, 6.45) is 5.02. The van der Waals surface area contributed by atoms with E-state index in [4.69, 9.17) is 4.55 Å². The Balaban J connectivity index is 3.91. The first kappa shape index (κ1) is 9.79. The molecule has 0 spiro atoms. The molecule has 0 aromatic heterocycles. The summed E-state index contributed by atoms with van der Waals surface area (Å²) in [5.74, 6) is 0. The molecule has 0 rings (SSSR count). The van der Waals surface area contributed by atoms with E-state index in [1.807, 2.05) is 19.1 Å². The van der Waals surface area contributed by atoms with Gasteiger partial charge in [0.2, 0.25) is 0 Å². The Hall–Kier alpha value is -0.210. The third kappa shape index (κ3) is 4.65. The summed E-state index contributed by atoms with van der Waals surface area (Å²) in [4.78, 5) is 0.924. The predicted molar refractivity (Wildman–Crippen MR) is 48.0 cm³/mol. The minimum Gasteiger partial charge on any atom is -0.326 e. The Morgan fingerprint density at radius 3 is 2.40 bits per heavy atom. The molecule has 0 aliphatic heterocycles. The van der Waals surface area contributed by atoms with Gasteiger partial charge in [0.1, 0.15) is 0 Å². The zero-order valence-corrected chi connectivity index (χ0v) is 7.53. The van der Waals surface area contributed by atoms with Gasteiger partial charge >= 0.3 is 0 Å². The summed E-state index contributed by atoms with van der Waals surface area (Å²) in [5, 5.41) is 0. The summed E-state index contributed by atoms with van der Waals surface area (Å²) in [7, 11) is 0. The Labute approximate surface area is 67.0 Å². The van der Waals surface area contributed by atoms with Gasteiger partial charge in [0.05, 0.1) is 0 Å². The number of rotatable bonds is 3. The minimum absolute atomic E-state index is 0.794. The molecule has 0 aromatic rings. The highest BCUT2D eigenvalue weighted by molar-refractivity contribution is 7.97. The van der Waals surface area contributed by atoms with Gasteiger partial charge in [-0.25, -0.2) is 0 Å². The first-order valence-corrected chi connectivity index (χ1v) is 4.13. The molecule has 0 aromatic carbocycles. The van der Waals surface area contributed by atoms with Gasteiger partial charge in [0.25, 0.3) is 0 Å². The van der Waals surface area contributed by atoms with Crippen LogP contribution >= 0.6 is 12.0 Å². The molecular weight excluding hydrogens is 144 g/mol. The van der Waals surface area contributed by atoms with Crippen molar-refractivity contribution in [1.82, 2.24) is 0 Å². The van der Waals surface area contributed by atoms with Crippen molar-refractivity contribution in [1.29, 1.82) is 0 Å². The molecule has 0 radical (unpaired) electrons. The van der Waals surface area contributed by atoms with Gasteiger partial charge < -0.3 is 4.55 Å². The smallest absolute Gasteiger partial charge is 0.0196 e. The normalized spacial score (nSPS) is 14.0. The Kier molecular flexibility index (Phi) is 5.45. The zero-order chi connectivity index (χ0) is 7.98. The fourth-order valence-electron chi connectivity index (χ4n) is 0.408. The van der Waals surface area contributed by atoms with Crippen LogP contribution in [-0.2, 0) is 0 Å². The second kappa shape index (κ2) is 5.57. The molecule has 0 atom stereocenters. The third-order valence-electron chi connectivity index (χ3n) is 1.30. The average Bonchev–Trinajstić information content (AvgIpc) is 1.99. The Morgan fingerprint density at radius 2 is 2.00 bits per heavy atom. The molecule has 58 valence electrons. The van der Waals surface area contributed by atoms with E-state index in [9.17, 15) is 0 Å². The quantitative estimate of drug-likeness (QED) is 0.501. The van der Waals surface area contributed by atoms with Gasteiger partial charge in [-0.1, -0.05) is 24.6 Å². The second-order valence-electron chi connectivity index (χ2n) is 2.24. The summed E-state index contributed by atoms with van der Waals surface area (Å²) in [6, 6.07) is 0. The highest BCUT2D eigenvalue weighted by atomic mass is 32.2. The highest BCUT2D eigenvalue weighted by Crippen LogP contribution is 2.10. The summed E-state index contributed by atoms with van der Waals surface area (Å²) in [6.45, 7) is 6.07. The molecule has 0 unspecified atom stereocenters. The van der Waals surface area contributed by atoms with E-state index in [1.54, 1.807) is 0 Å². The zero-order valence-electron chi connectivity index (χ0n) is 6.72. The Bertz CT molecular complexity index is 129. The van der Waals surface area contributed by atoms with Gasteiger partial charge in [-0.3, -0.25) is 0 Å². The van der Waals surface area contributed by atoms with Crippen LogP contribution in [0, 0.1) is 0 Å². The van der Waals surface area contributed by atoms with E-state index in [0.717, 1.165) is 23.4 Å². The largest absolute Gasteiger partial charge is 0.326 e. The molecule has 0 fully saturated rings. The molecule has 0 amide bonds. The standard InChI is InChI=1S/C8H14OS/c1-4-7(2)5-6-8(3)10-9/h5-6,9H,4H2,1-3H3/b7-5-,8-6+. The molecule has 0 aliphatic carbocycles. The van der Waals surface area contributed by atoms with Gasteiger partial charge in [-0.2, -0.15) is 0 Å². The van der Waals surface area contributed by atoms with Crippen LogP contribution < -0.4 is 0 Å². The average molecular weight is 158 g/mol. The van der Waals surface area contributed by atoms with Gasteiger partial charge in [-0.05, 0) is 20.3 Å². The molecule has 1 N–H and O–H groups in total. The first-order valence-electron chi connectivity index (χ1n) is 3.36. The Morgan fingerprint density at radius 1 is 1.40 bits per heavy atom. The summed E-state index contributed by atoms with van der Waals surface area (Å²) < 4.78 is 8.54. The molecule has 0 aliphatic rings. The topological polar surface area (TPSA) is 20.2 Å². The molecule has 2 heteroatoms. The van der Waals surface area contributed by atoms with Crippen molar-refractivity contribution < 1.29 is 4.55 Å². The lowest BCUT2D eigenvalue weighted by molar-refractivity contribution is 0.669. The maximum Gasteiger partial charge on any atom is 0.0196 e. The third-order valence-corrected chi connectivity index (χ3v) is 1.73. The molecule has 10 heavy (non-hydrogen) atoms. The van der Waals surface area contributed by atoms with Crippen LogP contribution in [0.2, 0.25) is 0 Å². The number of hydrogen-bond donors (Lipinski definition) is 1. The van der Waals surface area contributed by atoms with Crippen LogP contribution in [0.25, 0.3) is 0 Å². The van der Waals surface area contributed by atoms with Crippen LogP contribution in [0.4, 0.5) is 0 Å². The van der Waals surface area contributed by atoms with E-state index in [1.165, 1.54) is 5.57 Å². The van der Waals surface area contributed by atoms with Gasteiger partial charge in [-0.15, -0.1) is 0 Å². The van der Waals surface area contributed by atoms with Crippen molar-refractivity contribution in [2.75, 3.05) is 0 Å².